The summed E-state index contributed by atoms with van der Waals surface area (Å²) >= 11 is 0. The molecule has 0 spiro atoms. The van der Waals surface area contributed by atoms with Crippen LogP contribution in [-0.4, -0.2) is 25.2 Å². The molecule has 0 heterocycles. The Morgan fingerprint density at radius 2 is 0.892 bits per heavy atom. The van der Waals surface area contributed by atoms with Crippen LogP contribution >= 0.6 is 0 Å². The molecule has 0 aliphatic rings. The molecule has 0 saturated heterocycles. The molecule has 0 aromatic rings. The summed E-state index contributed by atoms with van der Waals surface area (Å²) in [5.41, 5.74) is 0. The number of carbonyl (C=O) groups is 2. The van der Waals surface area contributed by atoms with Gasteiger partial charge >= 0.3 is 11.9 Å². The molecule has 37 heavy (non-hydrogen) atoms. The Morgan fingerprint density at radius 1 is 0.486 bits per heavy atom. The lowest BCUT2D eigenvalue weighted by Gasteiger charge is -2.14. The van der Waals surface area contributed by atoms with Crippen LogP contribution in [0.25, 0.3) is 0 Å². The number of esters is 2. The maximum atomic E-state index is 12.0. The van der Waals surface area contributed by atoms with Crippen LogP contribution in [0.4, 0.5) is 0 Å². The first-order valence-electron chi connectivity index (χ1n) is 16.4. The van der Waals surface area contributed by atoms with Gasteiger partial charge in [0.05, 0.1) is 13.2 Å². The van der Waals surface area contributed by atoms with E-state index in [1.807, 2.05) is 0 Å². The van der Waals surface area contributed by atoms with Crippen LogP contribution < -0.4 is 0 Å². The van der Waals surface area contributed by atoms with Crippen LogP contribution in [0, 0.1) is 5.92 Å². The van der Waals surface area contributed by atoms with E-state index in [0.717, 1.165) is 32.1 Å². The average Bonchev–Trinajstić information content (AvgIpc) is 2.89. The van der Waals surface area contributed by atoms with Gasteiger partial charge in [-0.15, -0.1) is 0 Å². The zero-order chi connectivity index (χ0) is 27.2. The Kier molecular flexibility index (Phi) is 28.7. The number of unbranched alkanes of at least 4 members (excludes halogenated alkanes) is 18. The van der Waals surface area contributed by atoms with Gasteiger partial charge in [0.2, 0.25) is 0 Å². The Balaban J connectivity index is 3.37. The second kappa shape index (κ2) is 29.5. The van der Waals surface area contributed by atoms with Crippen LogP contribution in [0.3, 0.4) is 0 Å². The zero-order valence-electron chi connectivity index (χ0n) is 25.3. The highest BCUT2D eigenvalue weighted by Gasteiger charge is 2.13. The van der Waals surface area contributed by atoms with Gasteiger partial charge in [0, 0.05) is 12.8 Å². The molecule has 1 atom stereocenters. The van der Waals surface area contributed by atoms with Gasteiger partial charge in [-0.3, -0.25) is 9.59 Å². The van der Waals surface area contributed by atoms with E-state index >= 15 is 0 Å². The molecular weight excluding hydrogens is 460 g/mol. The molecule has 0 rings (SSSR count). The third-order valence-electron chi connectivity index (χ3n) is 7.55. The quantitative estimate of drug-likeness (QED) is 0.0721. The second-order valence-electron chi connectivity index (χ2n) is 11.2. The lowest BCUT2D eigenvalue weighted by Crippen LogP contribution is -2.12. The Morgan fingerprint density at radius 3 is 1.35 bits per heavy atom. The van der Waals surface area contributed by atoms with Gasteiger partial charge in [0.1, 0.15) is 0 Å². The molecule has 220 valence electrons. The van der Waals surface area contributed by atoms with Gasteiger partial charge in [-0.25, -0.2) is 0 Å². The molecule has 4 nitrogen and oxygen atoms in total. The molecular formula is C33H64O4. The van der Waals surface area contributed by atoms with Crippen LogP contribution in [0.1, 0.15) is 181 Å². The van der Waals surface area contributed by atoms with Crippen molar-refractivity contribution < 1.29 is 19.1 Å². The molecule has 0 N–H and O–H groups in total. The molecule has 0 amide bonds. The van der Waals surface area contributed by atoms with Crippen molar-refractivity contribution in [2.45, 2.75) is 181 Å². The van der Waals surface area contributed by atoms with Gasteiger partial charge in [0.15, 0.2) is 0 Å². The van der Waals surface area contributed by atoms with Crippen molar-refractivity contribution in [3.05, 3.63) is 0 Å². The topological polar surface area (TPSA) is 52.6 Å². The van der Waals surface area contributed by atoms with Gasteiger partial charge in [-0.2, -0.15) is 0 Å². The lowest BCUT2D eigenvalue weighted by molar-refractivity contribution is -0.145. The molecule has 0 saturated carbocycles. The lowest BCUT2D eigenvalue weighted by atomic mass is 9.95. The fraction of sp³-hybridized carbons (Fsp3) is 0.939. The number of carbonyl (C=O) groups excluding carboxylic acids is 2. The molecule has 0 radical (unpaired) electrons. The number of hydrogen-bond acceptors (Lipinski definition) is 4. The summed E-state index contributed by atoms with van der Waals surface area (Å²) in [6, 6.07) is 0. The standard InChI is InChI=1S/C33H64O4/c1-4-7-9-24-28-36-32(34)27-23-21-19-17-15-13-11-12-14-16-18-20-22-26-31(6-3)30-33(35)37-29-25-10-8-5-2/h31H,4-30H2,1-3H3. The molecule has 4 heteroatoms. The van der Waals surface area contributed by atoms with Crippen molar-refractivity contribution in [3.63, 3.8) is 0 Å². The summed E-state index contributed by atoms with van der Waals surface area (Å²) in [5, 5.41) is 0. The van der Waals surface area contributed by atoms with Gasteiger partial charge in [-0.1, -0.05) is 143 Å². The summed E-state index contributed by atoms with van der Waals surface area (Å²) in [6.07, 6.45) is 29.4. The first-order chi connectivity index (χ1) is 18.1. The second-order valence-corrected chi connectivity index (χ2v) is 11.2. The fourth-order valence-corrected chi connectivity index (χ4v) is 4.89. The van der Waals surface area contributed by atoms with Crippen LogP contribution in [0.15, 0.2) is 0 Å². The van der Waals surface area contributed by atoms with Gasteiger partial charge in [-0.05, 0) is 31.6 Å². The van der Waals surface area contributed by atoms with E-state index in [0.29, 0.717) is 32.0 Å². The van der Waals surface area contributed by atoms with Crippen molar-refractivity contribution in [1.29, 1.82) is 0 Å². The number of ether oxygens (including phenoxy) is 2. The smallest absolute Gasteiger partial charge is 0.306 e. The summed E-state index contributed by atoms with van der Waals surface area (Å²) < 4.78 is 10.7. The monoisotopic (exact) mass is 524 g/mol. The third-order valence-corrected chi connectivity index (χ3v) is 7.55. The maximum Gasteiger partial charge on any atom is 0.306 e. The van der Waals surface area contributed by atoms with E-state index in [-0.39, 0.29) is 11.9 Å². The molecule has 0 aliphatic heterocycles. The first-order valence-corrected chi connectivity index (χ1v) is 16.4. The molecule has 0 bridgehead atoms. The average molecular weight is 525 g/mol. The molecule has 1 unspecified atom stereocenters. The largest absolute Gasteiger partial charge is 0.466 e. The van der Waals surface area contributed by atoms with E-state index in [9.17, 15) is 9.59 Å². The Hall–Kier alpha value is -1.06. The summed E-state index contributed by atoms with van der Waals surface area (Å²) in [5.74, 6) is 0.503. The van der Waals surface area contributed by atoms with Crippen LogP contribution in [-0.2, 0) is 19.1 Å². The maximum absolute atomic E-state index is 12.0. The normalized spacial score (nSPS) is 12.0. The minimum absolute atomic E-state index is 0.00474. The molecule has 0 aromatic heterocycles. The van der Waals surface area contributed by atoms with Crippen LogP contribution in [0.5, 0.6) is 0 Å². The summed E-state index contributed by atoms with van der Waals surface area (Å²) in [4.78, 5) is 23.7. The summed E-state index contributed by atoms with van der Waals surface area (Å²) in [7, 11) is 0. The highest BCUT2D eigenvalue weighted by Crippen LogP contribution is 2.20. The van der Waals surface area contributed by atoms with Gasteiger partial charge in [0.25, 0.3) is 0 Å². The fourth-order valence-electron chi connectivity index (χ4n) is 4.89. The van der Waals surface area contributed by atoms with E-state index in [1.54, 1.807) is 0 Å². The number of rotatable bonds is 29. The predicted octanol–water partition coefficient (Wildman–Crippen LogP) is 10.5. The van der Waals surface area contributed by atoms with Crippen molar-refractivity contribution in [2.75, 3.05) is 13.2 Å². The summed E-state index contributed by atoms with van der Waals surface area (Å²) in [6.45, 7) is 7.80. The Labute approximate surface area is 231 Å². The van der Waals surface area contributed by atoms with E-state index in [4.69, 9.17) is 9.47 Å². The number of hydrogen-bond donors (Lipinski definition) is 0. The van der Waals surface area contributed by atoms with Crippen molar-refractivity contribution in [1.82, 2.24) is 0 Å². The predicted molar refractivity (Wildman–Crippen MR) is 158 cm³/mol. The van der Waals surface area contributed by atoms with Gasteiger partial charge < -0.3 is 9.47 Å². The van der Waals surface area contributed by atoms with Crippen LogP contribution in [0.2, 0.25) is 0 Å². The van der Waals surface area contributed by atoms with E-state index in [2.05, 4.69) is 20.8 Å². The highest BCUT2D eigenvalue weighted by atomic mass is 16.5. The Bertz CT molecular complexity index is 491. The zero-order valence-corrected chi connectivity index (χ0v) is 25.3. The van der Waals surface area contributed by atoms with E-state index in [1.165, 1.54) is 116 Å². The minimum atomic E-state index is -0.00474. The minimum Gasteiger partial charge on any atom is -0.466 e. The van der Waals surface area contributed by atoms with E-state index < -0.39 is 0 Å². The molecule has 0 aromatic carbocycles. The highest BCUT2D eigenvalue weighted by molar-refractivity contribution is 5.69. The van der Waals surface area contributed by atoms with Crippen molar-refractivity contribution in [2.24, 2.45) is 5.92 Å². The SMILES string of the molecule is CCCCCCOC(=O)CCCCCCCCCCCCCCCC(CC)CC(=O)OCCCCCC. The molecule has 0 aliphatic carbocycles. The van der Waals surface area contributed by atoms with Crippen molar-refractivity contribution >= 4 is 11.9 Å². The third kappa shape index (κ3) is 27.8. The first kappa shape index (κ1) is 35.9. The van der Waals surface area contributed by atoms with Crippen molar-refractivity contribution in [3.8, 4) is 0 Å². The molecule has 0 fully saturated rings.